The number of fused-ring (bicyclic) bond motifs is 3. The van der Waals surface area contributed by atoms with E-state index in [0.29, 0.717) is 12.3 Å². The first-order chi connectivity index (χ1) is 13.5. The van der Waals surface area contributed by atoms with Gasteiger partial charge < -0.3 is 15.0 Å². The van der Waals surface area contributed by atoms with E-state index in [4.69, 9.17) is 4.74 Å². The van der Waals surface area contributed by atoms with E-state index >= 15 is 0 Å². The summed E-state index contributed by atoms with van der Waals surface area (Å²) in [4.78, 5) is 19.5. The lowest BCUT2D eigenvalue weighted by molar-refractivity contribution is 0.0988. The molecule has 0 saturated carbocycles. The molecule has 28 heavy (non-hydrogen) atoms. The molecule has 0 aliphatic carbocycles. The van der Waals surface area contributed by atoms with Crippen molar-refractivity contribution >= 4 is 23.1 Å². The first-order valence-electron chi connectivity index (χ1n) is 8.85. The lowest BCUT2D eigenvalue weighted by atomic mass is 10.2. The number of ether oxygens (including phenoxy) is 1. The first-order valence-corrected chi connectivity index (χ1v) is 8.85. The molecule has 2 unspecified atom stereocenters. The number of nitrogens with zero attached hydrogens (tertiary/aromatic N) is 6. The molecule has 5 rings (SSSR count). The summed E-state index contributed by atoms with van der Waals surface area (Å²) >= 11 is 0. The zero-order valence-electron chi connectivity index (χ0n) is 14.9. The van der Waals surface area contributed by atoms with E-state index in [9.17, 15) is 13.6 Å². The van der Waals surface area contributed by atoms with Gasteiger partial charge in [0, 0.05) is 26.0 Å². The van der Waals surface area contributed by atoms with Crippen LogP contribution in [0.2, 0.25) is 0 Å². The second-order valence-corrected chi connectivity index (χ2v) is 6.97. The Balaban J connectivity index is 1.46. The van der Waals surface area contributed by atoms with Crippen molar-refractivity contribution in [1.29, 1.82) is 0 Å². The minimum Gasteiger partial charge on any atom is -0.374 e. The highest BCUT2D eigenvalue weighted by Gasteiger charge is 2.39. The number of carbonyl (C=O) groups is 1. The number of carbonyl (C=O) groups excluding carboxylic acids is 1. The highest BCUT2D eigenvalue weighted by Crippen LogP contribution is 2.32. The van der Waals surface area contributed by atoms with Crippen LogP contribution in [0.4, 0.5) is 20.3 Å². The Morgan fingerprint density at radius 3 is 3.00 bits per heavy atom. The van der Waals surface area contributed by atoms with Crippen molar-refractivity contribution in [2.45, 2.75) is 25.0 Å². The maximum absolute atomic E-state index is 13.1. The van der Waals surface area contributed by atoms with Gasteiger partial charge in [0.05, 0.1) is 30.6 Å². The second kappa shape index (κ2) is 6.23. The van der Waals surface area contributed by atoms with Gasteiger partial charge in [0.15, 0.2) is 11.3 Å². The molecule has 3 aromatic heterocycles. The maximum Gasteiger partial charge on any atom is 0.284 e. The normalized spacial score (nSPS) is 21.2. The Labute approximate surface area is 157 Å². The molecule has 0 spiro atoms. The number of aromatic nitrogens is 5. The van der Waals surface area contributed by atoms with Gasteiger partial charge in [-0.1, -0.05) is 0 Å². The Hall–Kier alpha value is -3.08. The van der Waals surface area contributed by atoms with Crippen LogP contribution in [0.25, 0.3) is 5.65 Å². The van der Waals surface area contributed by atoms with Crippen molar-refractivity contribution in [2.24, 2.45) is 7.05 Å². The summed E-state index contributed by atoms with van der Waals surface area (Å²) in [5.41, 5.74) is 0.0498. The van der Waals surface area contributed by atoms with Gasteiger partial charge in [-0.3, -0.25) is 9.48 Å². The number of aryl methyl sites for hydroxylation is 1. The summed E-state index contributed by atoms with van der Waals surface area (Å²) in [7, 11) is 1.51. The average molecular weight is 389 g/mol. The molecule has 2 saturated heterocycles. The van der Waals surface area contributed by atoms with Crippen LogP contribution in [0.5, 0.6) is 0 Å². The Morgan fingerprint density at radius 1 is 1.43 bits per heavy atom. The van der Waals surface area contributed by atoms with Crippen LogP contribution in [-0.2, 0) is 11.8 Å². The summed E-state index contributed by atoms with van der Waals surface area (Å²) in [5.74, 6) is 0.174. The highest BCUT2D eigenvalue weighted by atomic mass is 19.3. The van der Waals surface area contributed by atoms with Crippen molar-refractivity contribution in [3.8, 4) is 0 Å². The van der Waals surface area contributed by atoms with E-state index in [0.717, 1.165) is 18.8 Å². The molecular formula is C17H17F2N7O2. The fourth-order valence-corrected chi connectivity index (χ4v) is 3.81. The number of anilines is 2. The molecular weight excluding hydrogens is 372 g/mol. The van der Waals surface area contributed by atoms with E-state index < -0.39 is 18.0 Å². The Kier molecular flexibility index (Phi) is 3.79. The molecule has 3 aromatic rings. The number of hydrogen-bond acceptors (Lipinski definition) is 6. The van der Waals surface area contributed by atoms with Gasteiger partial charge in [0.1, 0.15) is 11.4 Å². The van der Waals surface area contributed by atoms with Crippen molar-refractivity contribution in [3.63, 3.8) is 0 Å². The molecule has 11 heteroatoms. The van der Waals surface area contributed by atoms with Crippen molar-refractivity contribution in [1.82, 2.24) is 24.4 Å². The maximum atomic E-state index is 13.1. The highest BCUT2D eigenvalue weighted by molar-refractivity contribution is 6.08. The Morgan fingerprint density at radius 2 is 2.29 bits per heavy atom. The second-order valence-electron chi connectivity index (χ2n) is 6.97. The molecule has 1 amide bonds. The first kappa shape index (κ1) is 17.0. The number of alkyl halides is 2. The summed E-state index contributed by atoms with van der Waals surface area (Å²) in [6.45, 7) is 1.43. The lowest BCUT2D eigenvalue weighted by Gasteiger charge is -2.27. The van der Waals surface area contributed by atoms with E-state index in [2.05, 4.69) is 25.4 Å². The number of amides is 1. The fourth-order valence-electron chi connectivity index (χ4n) is 3.81. The molecule has 0 aromatic carbocycles. The number of halogens is 2. The molecule has 1 N–H and O–H groups in total. The van der Waals surface area contributed by atoms with Gasteiger partial charge in [-0.2, -0.15) is 10.2 Å². The lowest BCUT2D eigenvalue weighted by Crippen LogP contribution is -2.37. The molecule has 5 heterocycles. The topological polar surface area (TPSA) is 89.6 Å². The average Bonchev–Trinajstić information content (AvgIpc) is 3.43. The van der Waals surface area contributed by atoms with Gasteiger partial charge in [-0.25, -0.2) is 18.3 Å². The molecule has 2 aliphatic heterocycles. The van der Waals surface area contributed by atoms with E-state index in [1.54, 1.807) is 6.20 Å². The molecule has 2 aliphatic rings. The van der Waals surface area contributed by atoms with Crippen LogP contribution >= 0.6 is 0 Å². The molecule has 2 atom stereocenters. The zero-order chi connectivity index (χ0) is 19.4. The summed E-state index contributed by atoms with van der Waals surface area (Å²) < 4.78 is 34.6. The SMILES string of the molecule is Cn1cc(NC(=O)c2cnn3ccc(N4CC5CC4CO5)nc23)c(C(F)F)n1. The van der Waals surface area contributed by atoms with Gasteiger partial charge in [0.25, 0.3) is 12.3 Å². The van der Waals surface area contributed by atoms with Crippen molar-refractivity contribution < 1.29 is 18.3 Å². The van der Waals surface area contributed by atoms with Gasteiger partial charge in [-0.05, 0) is 12.5 Å². The van der Waals surface area contributed by atoms with Crippen molar-refractivity contribution in [2.75, 3.05) is 23.4 Å². The predicted molar refractivity (Wildman–Crippen MR) is 94.6 cm³/mol. The van der Waals surface area contributed by atoms with Crippen LogP contribution in [0, 0.1) is 0 Å². The van der Waals surface area contributed by atoms with E-state index in [-0.39, 0.29) is 23.4 Å². The van der Waals surface area contributed by atoms with Gasteiger partial charge in [-0.15, -0.1) is 0 Å². The third kappa shape index (κ3) is 2.70. The van der Waals surface area contributed by atoms with Crippen LogP contribution in [0.15, 0.2) is 24.7 Å². The monoisotopic (exact) mass is 389 g/mol. The third-order valence-electron chi connectivity index (χ3n) is 5.11. The minimum absolute atomic E-state index is 0.0352. The molecule has 2 bridgehead atoms. The van der Waals surface area contributed by atoms with Crippen LogP contribution < -0.4 is 10.2 Å². The van der Waals surface area contributed by atoms with E-state index in [1.807, 2.05) is 6.07 Å². The summed E-state index contributed by atoms with van der Waals surface area (Å²) in [6, 6.07) is 2.13. The smallest absolute Gasteiger partial charge is 0.284 e. The van der Waals surface area contributed by atoms with Crippen molar-refractivity contribution in [3.05, 3.63) is 35.9 Å². The van der Waals surface area contributed by atoms with Gasteiger partial charge in [0.2, 0.25) is 0 Å². The summed E-state index contributed by atoms with van der Waals surface area (Å²) in [5, 5.41) is 10.3. The largest absolute Gasteiger partial charge is 0.374 e. The van der Waals surface area contributed by atoms with Crippen LogP contribution in [0.1, 0.15) is 28.9 Å². The van der Waals surface area contributed by atoms with Gasteiger partial charge >= 0.3 is 0 Å². The standard InChI is InChI=1S/C17H17F2N7O2/c1-24-7-12(14(23-24)15(18)19)21-17(27)11-5-20-26-3-2-13(22-16(11)26)25-6-10-4-9(25)8-28-10/h2-3,5,7,9-10,15H,4,6,8H2,1H3,(H,21,27). The van der Waals surface area contributed by atoms with Crippen LogP contribution in [-0.4, -0.2) is 55.6 Å². The Bertz CT molecular complexity index is 1060. The molecule has 0 radical (unpaired) electrons. The molecule has 9 nitrogen and oxygen atoms in total. The predicted octanol–water partition coefficient (Wildman–Crippen LogP) is 1.63. The molecule has 2 fully saturated rings. The zero-order valence-corrected chi connectivity index (χ0v) is 14.9. The third-order valence-corrected chi connectivity index (χ3v) is 5.11. The number of morpholine rings is 1. The minimum atomic E-state index is -2.79. The fraction of sp³-hybridized carbons (Fsp3) is 0.412. The van der Waals surface area contributed by atoms with E-state index in [1.165, 1.54) is 28.6 Å². The molecule has 146 valence electrons. The quantitative estimate of drug-likeness (QED) is 0.730. The number of hydrogen-bond donors (Lipinski definition) is 1. The number of nitrogens with one attached hydrogen (secondary N) is 1. The number of rotatable bonds is 4. The summed E-state index contributed by atoms with van der Waals surface area (Å²) in [6.07, 6.45) is 2.84. The van der Waals surface area contributed by atoms with Crippen LogP contribution in [0.3, 0.4) is 0 Å².